The molecule has 1 aliphatic rings. The van der Waals surface area contributed by atoms with Crippen molar-refractivity contribution in [1.29, 1.82) is 0 Å². The van der Waals surface area contributed by atoms with Crippen LogP contribution in [-0.4, -0.2) is 30.9 Å². The van der Waals surface area contributed by atoms with Crippen LogP contribution >= 0.6 is 0 Å². The standard InChI is InChI=1S/C11H17NO4S/c1-9-3-2-6-12(7-9)17(14,15)11-5-4-10(8-13)16-11/h4-5,9,13H,2-3,6-8H2,1H3. The normalized spacial score (nSPS) is 22.8. The Morgan fingerprint density at radius 2 is 2.29 bits per heavy atom. The molecule has 1 aromatic rings. The van der Waals surface area contributed by atoms with Crippen molar-refractivity contribution in [2.24, 2.45) is 5.92 Å². The van der Waals surface area contributed by atoms with Gasteiger partial charge in [0.15, 0.2) is 0 Å². The lowest BCUT2D eigenvalue weighted by atomic mass is 10.0. The maximum absolute atomic E-state index is 12.2. The van der Waals surface area contributed by atoms with Gasteiger partial charge < -0.3 is 9.52 Å². The van der Waals surface area contributed by atoms with E-state index in [1.54, 1.807) is 0 Å². The summed E-state index contributed by atoms with van der Waals surface area (Å²) in [6, 6.07) is 2.89. The molecule has 0 aliphatic carbocycles. The van der Waals surface area contributed by atoms with E-state index in [0.717, 1.165) is 12.8 Å². The van der Waals surface area contributed by atoms with Gasteiger partial charge in [-0.15, -0.1) is 0 Å². The molecule has 2 heterocycles. The van der Waals surface area contributed by atoms with E-state index in [-0.39, 0.29) is 17.5 Å². The molecule has 0 aromatic carbocycles. The second-order valence-electron chi connectivity index (χ2n) is 4.49. The second kappa shape index (κ2) is 4.80. The fourth-order valence-corrected chi connectivity index (χ4v) is 3.60. The van der Waals surface area contributed by atoms with Crippen LogP contribution in [0, 0.1) is 5.92 Å². The van der Waals surface area contributed by atoms with Gasteiger partial charge in [0.2, 0.25) is 5.09 Å². The number of sulfonamides is 1. The van der Waals surface area contributed by atoms with Crippen LogP contribution in [0.25, 0.3) is 0 Å². The van der Waals surface area contributed by atoms with Gasteiger partial charge in [-0.25, -0.2) is 8.42 Å². The van der Waals surface area contributed by atoms with E-state index in [1.807, 2.05) is 6.92 Å². The van der Waals surface area contributed by atoms with Crippen molar-refractivity contribution in [3.8, 4) is 0 Å². The lowest BCUT2D eigenvalue weighted by Gasteiger charge is -2.29. The quantitative estimate of drug-likeness (QED) is 0.885. The minimum atomic E-state index is -3.53. The first-order valence-corrected chi connectivity index (χ1v) is 7.18. The van der Waals surface area contributed by atoms with Gasteiger partial charge >= 0.3 is 0 Å². The molecule has 1 saturated heterocycles. The van der Waals surface area contributed by atoms with Crippen molar-refractivity contribution in [3.05, 3.63) is 17.9 Å². The fourth-order valence-electron chi connectivity index (χ4n) is 2.07. The van der Waals surface area contributed by atoms with Gasteiger partial charge in [0.25, 0.3) is 10.0 Å². The zero-order chi connectivity index (χ0) is 12.5. The summed E-state index contributed by atoms with van der Waals surface area (Å²) in [6.07, 6.45) is 1.94. The van der Waals surface area contributed by atoms with Crippen LogP contribution in [0.5, 0.6) is 0 Å². The third-order valence-corrected chi connectivity index (χ3v) is 4.75. The number of nitrogens with zero attached hydrogens (tertiary/aromatic N) is 1. The number of aliphatic hydroxyl groups is 1. The van der Waals surface area contributed by atoms with E-state index < -0.39 is 10.0 Å². The predicted octanol–water partition coefficient (Wildman–Crippen LogP) is 1.19. The summed E-state index contributed by atoms with van der Waals surface area (Å²) in [5, 5.41) is 8.79. The molecule has 17 heavy (non-hydrogen) atoms. The van der Waals surface area contributed by atoms with Gasteiger partial charge in [0, 0.05) is 13.1 Å². The third-order valence-electron chi connectivity index (χ3n) is 3.01. The Morgan fingerprint density at radius 3 is 2.88 bits per heavy atom. The summed E-state index contributed by atoms with van der Waals surface area (Å²) in [4.78, 5) is 0. The third kappa shape index (κ3) is 2.53. The first-order valence-electron chi connectivity index (χ1n) is 5.74. The Kier molecular flexibility index (Phi) is 3.56. The molecule has 0 bridgehead atoms. The minimum Gasteiger partial charge on any atom is -0.446 e. The molecule has 1 unspecified atom stereocenters. The van der Waals surface area contributed by atoms with Crippen LogP contribution < -0.4 is 0 Å². The number of hydrogen-bond donors (Lipinski definition) is 1. The predicted molar refractivity (Wildman–Crippen MR) is 61.8 cm³/mol. The Morgan fingerprint density at radius 1 is 1.53 bits per heavy atom. The van der Waals surface area contributed by atoms with Gasteiger partial charge in [0.05, 0.1) is 0 Å². The van der Waals surface area contributed by atoms with E-state index in [9.17, 15) is 8.42 Å². The lowest BCUT2D eigenvalue weighted by Crippen LogP contribution is -2.38. The highest BCUT2D eigenvalue weighted by Gasteiger charge is 2.30. The van der Waals surface area contributed by atoms with Gasteiger partial charge in [-0.05, 0) is 30.9 Å². The highest BCUT2D eigenvalue weighted by molar-refractivity contribution is 7.89. The van der Waals surface area contributed by atoms with E-state index in [0.29, 0.717) is 19.0 Å². The first kappa shape index (κ1) is 12.6. The maximum atomic E-state index is 12.2. The SMILES string of the molecule is CC1CCCN(S(=O)(=O)c2ccc(CO)o2)C1. The topological polar surface area (TPSA) is 70.8 Å². The van der Waals surface area contributed by atoms with Crippen molar-refractivity contribution in [2.75, 3.05) is 13.1 Å². The van der Waals surface area contributed by atoms with Crippen molar-refractivity contribution in [3.63, 3.8) is 0 Å². The van der Waals surface area contributed by atoms with E-state index >= 15 is 0 Å². The summed E-state index contributed by atoms with van der Waals surface area (Å²) in [5.74, 6) is 0.652. The van der Waals surface area contributed by atoms with Crippen LogP contribution in [0.2, 0.25) is 0 Å². The highest BCUT2D eigenvalue weighted by Crippen LogP contribution is 2.24. The van der Waals surface area contributed by atoms with Crippen molar-refractivity contribution in [2.45, 2.75) is 31.5 Å². The van der Waals surface area contributed by atoms with Gasteiger partial charge in [-0.2, -0.15) is 4.31 Å². The van der Waals surface area contributed by atoms with Crippen LogP contribution in [-0.2, 0) is 16.6 Å². The summed E-state index contributed by atoms with van der Waals surface area (Å²) >= 11 is 0. The zero-order valence-electron chi connectivity index (χ0n) is 9.80. The molecule has 1 fully saturated rings. The summed E-state index contributed by atoms with van der Waals surface area (Å²) in [6.45, 7) is 2.84. The molecule has 0 radical (unpaired) electrons. The van der Waals surface area contributed by atoms with Crippen molar-refractivity contribution in [1.82, 2.24) is 4.31 Å². The summed E-state index contributed by atoms with van der Waals surface area (Å²) in [5.41, 5.74) is 0. The largest absolute Gasteiger partial charge is 0.446 e. The van der Waals surface area contributed by atoms with Crippen molar-refractivity contribution >= 4 is 10.0 Å². The van der Waals surface area contributed by atoms with Crippen LogP contribution in [0.3, 0.4) is 0 Å². The summed E-state index contributed by atoms with van der Waals surface area (Å²) < 4.78 is 31.0. The molecular formula is C11H17NO4S. The summed E-state index contributed by atoms with van der Waals surface area (Å²) in [7, 11) is -3.53. The molecule has 0 spiro atoms. The number of hydrogen-bond acceptors (Lipinski definition) is 4. The Labute approximate surface area is 101 Å². The molecule has 1 atom stereocenters. The Bertz CT molecular complexity index is 479. The van der Waals surface area contributed by atoms with Crippen molar-refractivity contribution < 1.29 is 17.9 Å². The molecule has 96 valence electrons. The Balaban J connectivity index is 2.23. The monoisotopic (exact) mass is 259 g/mol. The van der Waals surface area contributed by atoms with E-state index in [1.165, 1.54) is 16.4 Å². The number of aliphatic hydroxyl groups excluding tert-OH is 1. The number of piperidine rings is 1. The van der Waals surface area contributed by atoms with E-state index in [4.69, 9.17) is 9.52 Å². The first-order chi connectivity index (χ1) is 8.04. The number of rotatable bonds is 3. The van der Waals surface area contributed by atoms with Crippen LogP contribution in [0.1, 0.15) is 25.5 Å². The number of furan rings is 1. The van der Waals surface area contributed by atoms with Gasteiger partial charge in [-0.1, -0.05) is 6.92 Å². The molecule has 6 heteroatoms. The highest BCUT2D eigenvalue weighted by atomic mass is 32.2. The maximum Gasteiger partial charge on any atom is 0.276 e. The average molecular weight is 259 g/mol. The lowest BCUT2D eigenvalue weighted by molar-refractivity contribution is 0.232. The molecule has 1 aliphatic heterocycles. The molecule has 0 saturated carbocycles. The minimum absolute atomic E-state index is 0.0735. The molecule has 1 N–H and O–H groups in total. The molecular weight excluding hydrogens is 242 g/mol. The second-order valence-corrected chi connectivity index (χ2v) is 6.36. The van der Waals surface area contributed by atoms with E-state index in [2.05, 4.69) is 0 Å². The Hall–Kier alpha value is -0.850. The van der Waals surface area contributed by atoms with Gasteiger partial charge in [-0.3, -0.25) is 0 Å². The van der Waals surface area contributed by atoms with Crippen LogP contribution in [0.15, 0.2) is 21.6 Å². The molecule has 1 aromatic heterocycles. The van der Waals surface area contributed by atoms with Crippen LogP contribution in [0.4, 0.5) is 0 Å². The smallest absolute Gasteiger partial charge is 0.276 e. The zero-order valence-corrected chi connectivity index (χ0v) is 10.6. The molecule has 5 nitrogen and oxygen atoms in total. The molecule has 0 amide bonds. The van der Waals surface area contributed by atoms with Gasteiger partial charge in [0.1, 0.15) is 12.4 Å². The molecule has 2 rings (SSSR count). The average Bonchev–Trinajstić information content (AvgIpc) is 2.78. The fraction of sp³-hybridized carbons (Fsp3) is 0.636.